The molecule has 8 nitrogen and oxygen atoms in total. The maximum absolute atomic E-state index is 13.2. The molecule has 0 saturated carbocycles. The fourth-order valence-corrected chi connectivity index (χ4v) is 4.76. The molecule has 1 saturated heterocycles. The van der Waals surface area contributed by atoms with E-state index >= 15 is 0 Å². The zero-order valence-corrected chi connectivity index (χ0v) is 19.5. The van der Waals surface area contributed by atoms with Crippen LogP contribution in [-0.2, 0) is 20.7 Å². The van der Waals surface area contributed by atoms with E-state index in [2.05, 4.69) is 20.2 Å². The molecule has 0 bridgehead atoms. The lowest BCUT2D eigenvalue weighted by molar-refractivity contribution is -0.205. The summed E-state index contributed by atoms with van der Waals surface area (Å²) in [6.45, 7) is 1.08. The van der Waals surface area contributed by atoms with E-state index in [0.717, 1.165) is 22.4 Å². The number of amides is 1. The number of halogens is 3. The van der Waals surface area contributed by atoms with Crippen LogP contribution in [0.25, 0.3) is 11.0 Å². The van der Waals surface area contributed by atoms with E-state index in [4.69, 9.17) is 9.47 Å². The maximum Gasteiger partial charge on any atom is 0.490 e. The summed E-state index contributed by atoms with van der Waals surface area (Å²) in [5, 5.41) is 2.81. The van der Waals surface area contributed by atoms with Gasteiger partial charge in [-0.2, -0.15) is 13.2 Å². The van der Waals surface area contributed by atoms with E-state index in [1.165, 1.54) is 6.07 Å². The van der Waals surface area contributed by atoms with E-state index in [1.54, 1.807) is 12.1 Å². The number of aromatic amines is 1. The monoisotopic (exact) mass is 502 g/mol. The molecule has 1 fully saturated rings. The number of para-hydroxylation sites is 2. The second-order valence-corrected chi connectivity index (χ2v) is 9.11. The van der Waals surface area contributed by atoms with Crippen LogP contribution in [0.15, 0.2) is 42.5 Å². The topological polar surface area (TPSA) is 96.6 Å². The first kappa shape index (κ1) is 24.1. The molecule has 1 amide bonds. The van der Waals surface area contributed by atoms with Crippen molar-refractivity contribution in [2.75, 3.05) is 20.2 Å². The smallest absolute Gasteiger partial charge is 0.490 e. The predicted octanol–water partition coefficient (Wildman–Crippen LogP) is 3.60. The molecule has 0 aliphatic carbocycles. The number of likely N-dealkylation sites (tertiary alicyclic amines) is 1. The van der Waals surface area contributed by atoms with Gasteiger partial charge in [-0.1, -0.05) is 18.2 Å². The molecule has 5 rings (SSSR count). The van der Waals surface area contributed by atoms with E-state index in [-0.39, 0.29) is 17.6 Å². The van der Waals surface area contributed by atoms with Crippen LogP contribution in [0.4, 0.5) is 13.2 Å². The van der Waals surface area contributed by atoms with Crippen LogP contribution in [-0.4, -0.2) is 59.2 Å². The molecule has 2 N–H and O–H groups in total. The van der Waals surface area contributed by atoms with Crippen molar-refractivity contribution in [2.45, 2.75) is 43.6 Å². The summed E-state index contributed by atoms with van der Waals surface area (Å²) in [5.41, 5.74) is 2.63. The number of alkyl halides is 3. The molecule has 3 atom stereocenters. The Morgan fingerprint density at radius 1 is 1.25 bits per heavy atom. The van der Waals surface area contributed by atoms with Gasteiger partial charge in [-0.05, 0) is 49.7 Å². The lowest BCUT2D eigenvalue weighted by Gasteiger charge is -2.36. The number of nitrogens with zero attached hydrogens (tertiary/aromatic N) is 2. The number of fused-ring (bicyclic) bond motifs is 2. The van der Waals surface area contributed by atoms with Crippen LogP contribution in [0.1, 0.15) is 41.9 Å². The number of hydrogen-bond donors (Lipinski definition) is 2. The summed E-state index contributed by atoms with van der Waals surface area (Å²) < 4.78 is 49.1. The number of H-pyrrole nitrogens is 1. The number of aromatic nitrogens is 2. The van der Waals surface area contributed by atoms with Crippen molar-refractivity contribution >= 4 is 22.9 Å². The van der Waals surface area contributed by atoms with Gasteiger partial charge in [0.2, 0.25) is 6.10 Å². The Morgan fingerprint density at radius 2 is 2.06 bits per heavy atom. The van der Waals surface area contributed by atoms with Crippen molar-refractivity contribution in [3.8, 4) is 5.75 Å². The molecule has 2 aliphatic rings. The van der Waals surface area contributed by atoms with E-state index in [0.29, 0.717) is 38.2 Å². The van der Waals surface area contributed by atoms with Crippen LogP contribution < -0.4 is 10.1 Å². The summed E-state index contributed by atoms with van der Waals surface area (Å²) in [7, 11) is 1.95. The molecule has 1 unspecified atom stereocenters. The van der Waals surface area contributed by atoms with Crippen LogP contribution in [0.2, 0.25) is 0 Å². The Hall–Kier alpha value is -3.60. The zero-order valence-electron chi connectivity index (χ0n) is 19.5. The highest BCUT2D eigenvalue weighted by Gasteiger charge is 2.44. The average Bonchev–Trinajstić information content (AvgIpc) is 3.49. The largest absolute Gasteiger partial charge is 0.493 e. The summed E-state index contributed by atoms with van der Waals surface area (Å²) in [5.74, 6) is -1.87. The van der Waals surface area contributed by atoms with Crippen LogP contribution >= 0.6 is 0 Å². The Labute approximate surface area is 204 Å². The first-order valence-corrected chi connectivity index (χ1v) is 11.7. The third-order valence-electron chi connectivity index (χ3n) is 6.65. The highest BCUT2D eigenvalue weighted by Crippen LogP contribution is 2.33. The summed E-state index contributed by atoms with van der Waals surface area (Å²) >= 11 is 0. The molecule has 11 heteroatoms. The van der Waals surface area contributed by atoms with Gasteiger partial charge in [0.15, 0.2) is 0 Å². The fourth-order valence-electron chi connectivity index (χ4n) is 4.76. The predicted molar refractivity (Wildman–Crippen MR) is 123 cm³/mol. The lowest BCUT2D eigenvalue weighted by Crippen LogP contribution is -2.47. The third kappa shape index (κ3) is 4.88. The molecule has 2 aromatic carbocycles. The van der Waals surface area contributed by atoms with Crippen molar-refractivity contribution in [3.63, 3.8) is 0 Å². The van der Waals surface area contributed by atoms with Gasteiger partial charge in [0.25, 0.3) is 5.91 Å². The molecule has 0 spiro atoms. The minimum atomic E-state index is -5.22. The number of esters is 1. The molecular weight excluding hydrogens is 477 g/mol. The highest BCUT2D eigenvalue weighted by atomic mass is 19.4. The van der Waals surface area contributed by atoms with Gasteiger partial charge in [0.05, 0.1) is 23.7 Å². The Kier molecular flexibility index (Phi) is 6.33. The number of ether oxygens (including phenoxy) is 2. The Bertz CT molecular complexity index is 1260. The standard InChI is InChI=1S/C25H25F3N4O4/c1-32-10-8-16(13-19(32)22-30-17-4-2-3-5-18(17)31-22)29-23(33)21(36-24(34)25(26,27)28)15-6-7-20-14(12-15)9-11-35-20/h2-7,12,16,19,21H,8-11,13H2,1H3,(H,29,33)(H,30,31)/t16-,19-,21?/m1/s1. The number of imidazole rings is 1. The summed E-state index contributed by atoms with van der Waals surface area (Å²) in [6.07, 6.45) is -5.34. The number of piperidine rings is 1. The van der Waals surface area contributed by atoms with Crippen LogP contribution in [0.5, 0.6) is 5.75 Å². The minimum absolute atomic E-state index is 0.134. The van der Waals surface area contributed by atoms with Gasteiger partial charge in [-0.25, -0.2) is 9.78 Å². The van der Waals surface area contributed by atoms with Gasteiger partial charge in [-0.3, -0.25) is 9.69 Å². The van der Waals surface area contributed by atoms with Gasteiger partial charge < -0.3 is 19.8 Å². The number of carbonyl (C=O) groups excluding carboxylic acids is 2. The second kappa shape index (κ2) is 9.45. The van der Waals surface area contributed by atoms with Gasteiger partial charge in [-0.15, -0.1) is 0 Å². The second-order valence-electron chi connectivity index (χ2n) is 9.11. The lowest BCUT2D eigenvalue weighted by atomic mass is 9.96. The Morgan fingerprint density at radius 3 is 2.83 bits per heavy atom. The van der Waals surface area contributed by atoms with Gasteiger partial charge in [0, 0.05) is 24.6 Å². The van der Waals surface area contributed by atoms with Crippen molar-refractivity contribution < 1.29 is 32.2 Å². The zero-order chi connectivity index (χ0) is 25.4. The van der Waals surface area contributed by atoms with Crippen LogP contribution in [0.3, 0.4) is 0 Å². The molecule has 1 aromatic heterocycles. The summed E-state index contributed by atoms with van der Waals surface area (Å²) in [4.78, 5) is 35.0. The Balaban J connectivity index is 1.35. The van der Waals surface area contributed by atoms with Crippen molar-refractivity contribution in [1.29, 1.82) is 0 Å². The molecular formula is C25H25F3N4O4. The van der Waals surface area contributed by atoms with Gasteiger partial charge >= 0.3 is 12.1 Å². The third-order valence-corrected chi connectivity index (χ3v) is 6.65. The van der Waals surface area contributed by atoms with E-state index in [1.807, 2.05) is 31.3 Å². The van der Waals surface area contributed by atoms with Crippen molar-refractivity contribution in [1.82, 2.24) is 20.2 Å². The minimum Gasteiger partial charge on any atom is -0.493 e. The van der Waals surface area contributed by atoms with Crippen LogP contribution in [0, 0.1) is 0 Å². The number of rotatable bonds is 5. The molecule has 36 heavy (non-hydrogen) atoms. The number of hydrogen-bond acceptors (Lipinski definition) is 6. The molecule has 3 aromatic rings. The molecule has 190 valence electrons. The molecule has 3 heterocycles. The van der Waals surface area contributed by atoms with E-state index < -0.39 is 24.2 Å². The number of nitrogens with one attached hydrogen (secondary N) is 2. The van der Waals surface area contributed by atoms with Crippen molar-refractivity contribution in [3.05, 3.63) is 59.4 Å². The van der Waals surface area contributed by atoms with Gasteiger partial charge in [0.1, 0.15) is 11.6 Å². The first-order chi connectivity index (χ1) is 17.2. The first-order valence-electron chi connectivity index (χ1n) is 11.7. The van der Waals surface area contributed by atoms with E-state index in [9.17, 15) is 22.8 Å². The normalized spacial score (nSPS) is 21.0. The SMILES string of the molecule is CN1CC[C@@H](NC(=O)C(OC(=O)C(F)(F)F)c2ccc3c(c2)CCO3)C[C@@H]1c1nc2ccccc2[nH]1. The average molecular weight is 502 g/mol. The maximum atomic E-state index is 13.2. The molecule has 0 radical (unpaired) electrons. The van der Waals surface area contributed by atoms with Crippen molar-refractivity contribution in [2.24, 2.45) is 0 Å². The number of carbonyl (C=O) groups is 2. The fraction of sp³-hybridized carbons (Fsp3) is 0.400. The quantitative estimate of drug-likeness (QED) is 0.518. The summed E-state index contributed by atoms with van der Waals surface area (Å²) in [6, 6.07) is 11.7. The molecule has 2 aliphatic heterocycles. The number of benzene rings is 2. The highest BCUT2D eigenvalue weighted by molar-refractivity contribution is 5.86.